The molecule has 0 aromatic rings. The number of nitrogens with zero attached hydrogens (tertiary/aromatic N) is 2. The number of hydrogen-bond donors (Lipinski definition) is 17. The first kappa shape index (κ1) is 87.7. The summed E-state index contributed by atoms with van der Waals surface area (Å²) >= 11 is 4.87. The summed E-state index contributed by atoms with van der Waals surface area (Å²) in [5, 5.41) is 120. The highest BCUT2D eigenvalue weighted by atomic mass is 32.5. The number of hydrogen-bond acceptors (Lipinski definition) is 31. The topological polar surface area (TPSA) is 545 Å². The van der Waals surface area contributed by atoms with E-state index in [9.17, 15) is 94.3 Å². The molecule has 17 N–H and O–H groups in total. The van der Waals surface area contributed by atoms with E-state index < -0.39 is 190 Å². The second-order valence-corrected chi connectivity index (χ2v) is 27.1. The Labute approximate surface area is 573 Å². The zero-order chi connectivity index (χ0) is 73.1. The maximum absolute atomic E-state index is 13.9. The molecule has 3 aliphatic heterocycles. The third kappa shape index (κ3) is 34.0. The lowest BCUT2D eigenvalue weighted by Crippen LogP contribution is -2.64. The smallest absolute Gasteiger partial charge is 0.239 e. The second-order valence-electron chi connectivity index (χ2n) is 24.4. The van der Waals surface area contributed by atoms with Crippen LogP contribution in [-0.4, -0.2) is 350 Å². The monoisotopic (exact) mass is 1450 g/mol. The second kappa shape index (κ2) is 46.2. The van der Waals surface area contributed by atoms with Gasteiger partial charge >= 0.3 is 0 Å². The highest BCUT2D eigenvalue weighted by molar-refractivity contribution is 8.06. The van der Waals surface area contributed by atoms with Crippen LogP contribution in [0.2, 0.25) is 0 Å². The number of nitrogens with one attached hydrogen (secondary N) is 7. The summed E-state index contributed by atoms with van der Waals surface area (Å²) in [7, 11) is 0. The molecule has 3 heterocycles. The zero-order valence-electron chi connectivity index (χ0n) is 56.3. The third-order valence-corrected chi connectivity index (χ3v) is 16.6. The van der Waals surface area contributed by atoms with Gasteiger partial charge in [0.1, 0.15) is 73.7 Å². The van der Waals surface area contributed by atoms with E-state index in [4.69, 9.17) is 58.7 Å². The lowest BCUT2D eigenvalue weighted by atomic mass is 9.90. The van der Waals surface area contributed by atoms with Crippen molar-refractivity contribution in [1.82, 2.24) is 47.0 Å². The van der Waals surface area contributed by atoms with Crippen molar-refractivity contribution in [2.24, 2.45) is 0 Å². The first-order valence-corrected chi connectivity index (χ1v) is 34.9. The predicted octanol–water partition coefficient (Wildman–Crippen LogP) is -9.34. The number of ether oxygens (including phenoxy) is 8. The lowest BCUT2D eigenvalue weighted by Gasteiger charge is -2.42. The molecular formula is C58H105N9O29PS-. The van der Waals surface area contributed by atoms with Crippen molar-refractivity contribution in [3.05, 3.63) is 0 Å². The van der Waals surface area contributed by atoms with Gasteiger partial charge in [-0.15, -0.1) is 0 Å². The minimum absolute atomic E-state index is 0.000985. The van der Waals surface area contributed by atoms with Crippen LogP contribution in [0.5, 0.6) is 0 Å². The van der Waals surface area contributed by atoms with Gasteiger partial charge in [0.05, 0.1) is 116 Å². The minimum atomic E-state index is -3.96. The van der Waals surface area contributed by atoms with Crippen molar-refractivity contribution in [3.8, 4) is 0 Å². The van der Waals surface area contributed by atoms with E-state index in [0.29, 0.717) is 6.42 Å². The molecule has 0 aromatic heterocycles. The van der Waals surface area contributed by atoms with Crippen LogP contribution < -0.4 is 42.1 Å². The summed E-state index contributed by atoms with van der Waals surface area (Å²) in [6.45, 7) is 0.0799. The van der Waals surface area contributed by atoms with Crippen molar-refractivity contribution in [1.29, 1.82) is 0 Å². The Morgan fingerprint density at radius 1 is 0.531 bits per heavy atom. The van der Waals surface area contributed by atoms with Crippen LogP contribution in [0.1, 0.15) is 80.1 Å². The number of carbonyl (C=O) groups is 8. The van der Waals surface area contributed by atoms with Crippen LogP contribution in [0.15, 0.2) is 0 Å². The number of carbonyl (C=O) groups excluding carboxylic acids is 8. The number of aliphatic hydroxyl groups is 10. The molecule has 3 saturated heterocycles. The van der Waals surface area contributed by atoms with Gasteiger partial charge in [0.15, 0.2) is 12.6 Å². The maximum atomic E-state index is 13.9. The van der Waals surface area contributed by atoms with Crippen LogP contribution in [0.3, 0.4) is 0 Å². The van der Waals surface area contributed by atoms with Gasteiger partial charge in [-0.3, -0.25) is 43.3 Å². The van der Waals surface area contributed by atoms with Crippen molar-refractivity contribution in [2.75, 3.05) is 138 Å². The molecule has 16 unspecified atom stereocenters. The van der Waals surface area contributed by atoms with E-state index in [1.54, 1.807) is 20.8 Å². The molecule has 0 aliphatic carbocycles. The molecule has 17 atom stereocenters. The normalized spacial score (nSPS) is 26.7. The van der Waals surface area contributed by atoms with Crippen LogP contribution in [0.4, 0.5) is 0 Å². The zero-order valence-corrected chi connectivity index (χ0v) is 58.0. The Morgan fingerprint density at radius 2 is 0.969 bits per heavy atom. The van der Waals surface area contributed by atoms with Crippen LogP contribution in [0, 0.1) is 0 Å². The van der Waals surface area contributed by atoms with Crippen LogP contribution in [0.25, 0.3) is 0 Å². The van der Waals surface area contributed by atoms with Crippen molar-refractivity contribution < 1.29 is 141 Å². The fraction of sp³-hybridized carbons (Fsp3) is 0.862. The van der Waals surface area contributed by atoms with E-state index in [1.165, 1.54) is 30.6 Å². The molecule has 3 rings (SSSR count). The third-order valence-electron chi connectivity index (χ3n) is 14.9. The van der Waals surface area contributed by atoms with E-state index in [2.05, 4.69) is 37.2 Å². The SMILES string of the molecule is CC(=O)NC1C(CCCOCCNC(=O)CN(CCCN(CC(=O)NCCOCCOC2OC(CO)C(O)C(O)C2NC(C)=O)C(=O)CCCC(=O)NC[C@H](O)COP([O-])(=S)OC(C)(C)C)CC(=O)NCCOCCOC2OC(CO)C(O)C(O)C2NC(C)=O)OC(CO)C(O)C1O. The summed E-state index contributed by atoms with van der Waals surface area (Å²) < 4.78 is 55.3. The van der Waals surface area contributed by atoms with E-state index >= 15 is 0 Å². The quantitative estimate of drug-likeness (QED) is 0.0199. The summed E-state index contributed by atoms with van der Waals surface area (Å²) in [4.78, 5) is 118. The Morgan fingerprint density at radius 3 is 1.43 bits per heavy atom. The molecule has 568 valence electrons. The molecule has 3 aliphatic rings. The molecule has 0 radical (unpaired) electrons. The standard InChI is InChI=1S/C58H106N9O29PS/c1-34(71)63-47-38(93-39(30-68)50(80)53(47)83)10-8-18-87-19-13-59-43(76)27-66(28-44(77)60-14-20-88-22-24-90-56-48(64-35(2)72)54(84)51(81)40(31-69)94-56)16-9-17-67(46(79)12-7-11-42(75)62-26-37(74)33-92-97(86,98)96-58(4,5)6)29-45(78)61-15-21-89-23-25-91-57-49(65-36(3)73)55(85)52(82)41(32-70)95-57/h37-41,47-57,68-70,74,80-85H,7-33H2,1-6H3,(H,59,76)(H,60,77)(H,61,78)(H,62,75)(H,63,71)(H,64,72)(H,65,73)(H,86,98)/p-1/t37-,38?,39?,40?,41?,47?,48?,49?,50?,51?,52?,53?,54?,55?,56?,57?,97?/m0/s1. The fourth-order valence-corrected chi connectivity index (χ4v) is 12.2. The van der Waals surface area contributed by atoms with Gasteiger partial charge in [0, 0.05) is 79.5 Å². The molecular weight excluding hydrogens is 1350 g/mol. The van der Waals surface area contributed by atoms with E-state index in [1.807, 2.05) is 0 Å². The minimum Gasteiger partial charge on any atom is -0.780 e. The summed E-state index contributed by atoms with van der Waals surface area (Å²) in [5.74, 6) is -4.37. The highest BCUT2D eigenvalue weighted by Crippen LogP contribution is 2.43. The van der Waals surface area contributed by atoms with Gasteiger partial charge in [-0.25, -0.2) is 0 Å². The fourth-order valence-electron chi connectivity index (χ4n) is 10.2. The Balaban J connectivity index is 1.66. The molecule has 8 amide bonds. The van der Waals surface area contributed by atoms with Crippen LogP contribution >= 0.6 is 6.72 Å². The maximum Gasteiger partial charge on any atom is 0.239 e. The van der Waals surface area contributed by atoms with Gasteiger partial charge in [0.2, 0.25) is 47.3 Å². The Hall–Kier alpha value is -4.47. The molecule has 98 heavy (non-hydrogen) atoms. The highest BCUT2D eigenvalue weighted by Gasteiger charge is 2.47. The lowest BCUT2D eigenvalue weighted by molar-refractivity contribution is -0.272. The van der Waals surface area contributed by atoms with E-state index in [-0.39, 0.29) is 137 Å². The molecule has 0 bridgehead atoms. The summed E-state index contributed by atoms with van der Waals surface area (Å²) in [6, 6.07) is -3.32. The van der Waals surface area contributed by atoms with Crippen molar-refractivity contribution >= 4 is 65.8 Å². The Bertz CT molecular complexity index is 2390. The van der Waals surface area contributed by atoms with Crippen LogP contribution in [-0.2, 0) is 97.1 Å². The molecule has 0 aromatic carbocycles. The Kier molecular flexibility index (Phi) is 41.4. The van der Waals surface area contributed by atoms with Gasteiger partial charge in [-0.2, -0.15) is 0 Å². The average molecular weight is 1460 g/mol. The van der Waals surface area contributed by atoms with Crippen molar-refractivity contribution in [2.45, 2.75) is 184 Å². The van der Waals surface area contributed by atoms with Gasteiger partial charge in [-0.05, 0) is 46.5 Å². The summed E-state index contributed by atoms with van der Waals surface area (Å²) in [5.41, 5.74) is -0.895. The first-order valence-electron chi connectivity index (χ1n) is 32.4. The van der Waals surface area contributed by atoms with Gasteiger partial charge in [-0.1, -0.05) is 11.8 Å². The summed E-state index contributed by atoms with van der Waals surface area (Å²) in [6.07, 6.45) is -16.8. The molecule has 0 saturated carbocycles. The van der Waals surface area contributed by atoms with Gasteiger partial charge < -0.3 is 145 Å². The molecule has 38 nitrogen and oxygen atoms in total. The number of aliphatic hydroxyl groups excluding tert-OH is 10. The van der Waals surface area contributed by atoms with Crippen molar-refractivity contribution in [3.63, 3.8) is 0 Å². The first-order chi connectivity index (χ1) is 46.3. The number of amides is 8. The molecule has 0 spiro atoms. The molecule has 3 fully saturated rings. The predicted molar refractivity (Wildman–Crippen MR) is 340 cm³/mol. The van der Waals surface area contributed by atoms with E-state index in [0.717, 1.165) is 0 Å². The van der Waals surface area contributed by atoms with Gasteiger partial charge in [0.25, 0.3) is 0 Å². The largest absolute Gasteiger partial charge is 0.780 e. The molecule has 40 heteroatoms. The average Bonchev–Trinajstić information content (AvgIpc) is 0.825. The number of rotatable bonds is 47.